The molecule has 0 unspecified atom stereocenters. The summed E-state index contributed by atoms with van der Waals surface area (Å²) in [6.07, 6.45) is 0.331. The predicted molar refractivity (Wildman–Crippen MR) is 89.3 cm³/mol. The lowest BCUT2D eigenvalue weighted by Gasteiger charge is -2.48. The molecule has 0 spiro atoms. The second-order valence-electron chi connectivity index (χ2n) is 7.60. The van der Waals surface area contributed by atoms with Gasteiger partial charge in [-0.3, -0.25) is 14.5 Å². The van der Waals surface area contributed by atoms with E-state index in [1.807, 2.05) is 13.8 Å². The van der Waals surface area contributed by atoms with Gasteiger partial charge in [0.2, 0.25) is 11.5 Å². The molecule has 3 fully saturated rings. The van der Waals surface area contributed by atoms with Crippen molar-refractivity contribution in [2.75, 3.05) is 11.6 Å². The Bertz CT molecular complexity index is 626. The number of rotatable bonds is 4. The van der Waals surface area contributed by atoms with Gasteiger partial charge in [-0.25, -0.2) is 4.79 Å². The van der Waals surface area contributed by atoms with Crippen LogP contribution >= 0.6 is 11.8 Å². The number of aliphatic hydroxyl groups is 1. The van der Waals surface area contributed by atoms with Gasteiger partial charge in [-0.2, -0.15) is 0 Å². The van der Waals surface area contributed by atoms with Gasteiger partial charge in [-0.05, 0) is 12.3 Å². The molecule has 0 bridgehead atoms. The van der Waals surface area contributed by atoms with Crippen LogP contribution in [0.5, 0.6) is 0 Å². The predicted octanol–water partition coefficient (Wildman–Crippen LogP) is 0.301. The van der Waals surface area contributed by atoms with E-state index in [4.69, 9.17) is 4.74 Å². The maximum Gasteiger partial charge on any atom is 0.346 e. The molecule has 3 saturated heterocycles. The smallest absolute Gasteiger partial charge is 0.346 e. The van der Waals surface area contributed by atoms with Crippen molar-refractivity contribution in [3.8, 4) is 0 Å². The second kappa shape index (κ2) is 5.85. The Labute approximate surface area is 150 Å². The van der Waals surface area contributed by atoms with Crippen molar-refractivity contribution in [1.82, 2.24) is 9.80 Å². The fraction of sp³-hybridized carbons (Fsp3) is 0.812. The van der Waals surface area contributed by atoms with Crippen molar-refractivity contribution < 1.29 is 29.3 Å². The third kappa shape index (κ3) is 2.32. The number of nitrogens with zero attached hydrogens (tertiary/aromatic N) is 2. The summed E-state index contributed by atoms with van der Waals surface area (Å²) < 4.78 is 5.67. The highest BCUT2D eigenvalue weighted by Crippen LogP contribution is 2.49. The van der Waals surface area contributed by atoms with E-state index in [9.17, 15) is 24.6 Å². The van der Waals surface area contributed by atoms with E-state index >= 15 is 0 Å². The zero-order valence-electron chi connectivity index (χ0n) is 14.8. The van der Waals surface area contributed by atoms with E-state index in [0.717, 1.165) is 4.90 Å². The lowest BCUT2D eigenvalue weighted by Crippen LogP contribution is -2.72. The number of amides is 2. The Hall–Kier alpha value is -1.32. The maximum atomic E-state index is 13.2. The summed E-state index contributed by atoms with van der Waals surface area (Å²) in [5.41, 5.74) is -2.19. The molecule has 3 heterocycles. The molecule has 8 nitrogen and oxygen atoms in total. The molecule has 4 atom stereocenters. The van der Waals surface area contributed by atoms with Crippen LogP contribution in [0.25, 0.3) is 0 Å². The van der Waals surface area contributed by atoms with Crippen LogP contribution in [0.15, 0.2) is 0 Å². The van der Waals surface area contributed by atoms with Crippen LogP contribution in [0.2, 0.25) is 0 Å². The average Bonchev–Trinajstić information content (AvgIpc) is 3.07. The summed E-state index contributed by atoms with van der Waals surface area (Å²) in [6, 6.07) is -1.69. The number of thioether (sulfide) groups is 1. The first kappa shape index (κ1) is 18.5. The Morgan fingerprint density at radius 2 is 2.00 bits per heavy atom. The van der Waals surface area contributed by atoms with Gasteiger partial charge in [-0.1, -0.05) is 27.7 Å². The first-order valence-electron chi connectivity index (χ1n) is 8.45. The summed E-state index contributed by atoms with van der Waals surface area (Å²) in [5, 5.41) is 21.1. The molecule has 140 valence electrons. The van der Waals surface area contributed by atoms with Crippen LogP contribution < -0.4 is 0 Å². The molecule has 3 rings (SSSR count). The van der Waals surface area contributed by atoms with Gasteiger partial charge < -0.3 is 19.8 Å². The summed E-state index contributed by atoms with van der Waals surface area (Å²) >= 11 is 1.45. The van der Waals surface area contributed by atoms with E-state index in [-0.39, 0.29) is 11.8 Å². The highest BCUT2D eigenvalue weighted by Gasteiger charge is 2.74. The third-order valence-electron chi connectivity index (χ3n) is 5.21. The number of ether oxygens (including phenoxy) is 1. The van der Waals surface area contributed by atoms with E-state index < -0.39 is 41.4 Å². The molecule has 0 saturated carbocycles. The summed E-state index contributed by atoms with van der Waals surface area (Å²) in [6.45, 7) is 6.94. The van der Waals surface area contributed by atoms with Crippen molar-refractivity contribution >= 4 is 29.5 Å². The maximum absolute atomic E-state index is 13.2. The molecule has 0 aromatic heterocycles. The number of carboxylic acids is 1. The van der Waals surface area contributed by atoms with Gasteiger partial charge in [0.05, 0.1) is 5.88 Å². The molecule has 2 N–H and O–H groups in total. The van der Waals surface area contributed by atoms with Crippen LogP contribution in [-0.4, -0.2) is 73.0 Å². The van der Waals surface area contributed by atoms with Crippen molar-refractivity contribution in [3.63, 3.8) is 0 Å². The van der Waals surface area contributed by atoms with Gasteiger partial charge >= 0.3 is 5.97 Å². The molecule has 0 aliphatic carbocycles. The number of carbonyl (C=O) groups excluding carboxylic acids is 2. The van der Waals surface area contributed by atoms with Gasteiger partial charge in [0.15, 0.2) is 0 Å². The molecule has 3 aliphatic rings. The molecule has 2 amide bonds. The van der Waals surface area contributed by atoms with E-state index in [2.05, 4.69) is 0 Å². The van der Waals surface area contributed by atoms with Gasteiger partial charge in [0.25, 0.3) is 11.8 Å². The minimum absolute atomic E-state index is 0.0803. The molecular weight excluding hydrogens is 348 g/mol. The standard InChI is InChI=1S/C16H24N2O6S/c1-8(2)5-10-12(19)17-7-25-6-11(17)16(23)18(10)13(20)15(24-16,9(3)4)14(21)22/h8-11,23H,5-7H2,1-4H3,(H,21,22)/t10-,11+,15+,16-/m0/s1. The summed E-state index contributed by atoms with van der Waals surface area (Å²) in [4.78, 5) is 40.6. The molecule has 25 heavy (non-hydrogen) atoms. The van der Waals surface area contributed by atoms with Crippen molar-refractivity contribution in [3.05, 3.63) is 0 Å². The number of hydrogen-bond donors (Lipinski definition) is 2. The van der Waals surface area contributed by atoms with E-state index in [1.54, 1.807) is 13.8 Å². The number of aliphatic carboxylic acids is 1. The number of carboxylic acid groups (broad SMARTS) is 1. The van der Waals surface area contributed by atoms with E-state index in [0.29, 0.717) is 18.1 Å². The molecule has 0 aromatic carbocycles. The fourth-order valence-corrected chi connectivity index (χ4v) is 5.15. The fourth-order valence-electron chi connectivity index (χ4n) is 3.92. The van der Waals surface area contributed by atoms with Crippen LogP contribution in [0.3, 0.4) is 0 Å². The Morgan fingerprint density at radius 1 is 1.36 bits per heavy atom. The van der Waals surface area contributed by atoms with Crippen LogP contribution in [0.4, 0.5) is 0 Å². The second-order valence-corrected chi connectivity index (χ2v) is 8.60. The molecule has 0 radical (unpaired) electrons. The van der Waals surface area contributed by atoms with Gasteiger partial charge in [0.1, 0.15) is 12.1 Å². The topological polar surface area (TPSA) is 107 Å². The number of hydrogen-bond acceptors (Lipinski definition) is 6. The molecular formula is C16H24N2O6S. The lowest BCUT2D eigenvalue weighted by atomic mass is 9.88. The molecule has 3 aliphatic heterocycles. The first-order chi connectivity index (χ1) is 11.6. The van der Waals surface area contributed by atoms with Crippen LogP contribution in [0.1, 0.15) is 34.1 Å². The van der Waals surface area contributed by atoms with Crippen molar-refractivity contribution in [2.45, 2.75) is 57.7 Å². The first-order valence-corrected chi connectivity index (χ1v) is 9.60. The van der Waals surface area contributed by atoms with Crippen LogP contribution in [-0.2, 0) is 19.1 Å². The average molecular weight is 372 g/mol. The largest absolute Gasteiger partial charge is 0.479 e. The molecule has 0 aromatic rings. The Morgan fingerprint density at radius 3 is 2.52 bits per heavy atom. The summed E-state index contributed by atoms with van der Waals surface area (Å²) in [7, 11) is 0. The highest BCUT2D eigenvalue weighted by atomic mass is 32.2. The monoisotopic (exact) mass is 372 g/mol. The third-order valence-corrected chi connectivity index (χ3v) is 6.23. The van der Waals surface area contributed by atoms with Crippen LogP contribution in [0, 0.1) is 11.8 Å². The minimum Gasteiger partial charge on any atom is -0.479 e. The van der Waals surface area contributed by atoms with Gasteiger partial charge in [0, 0.05) is 11.7 Å². The Kier molecular flexibility index (Phi) is 4.32. The van der Waals surface area contributed by atoms with Crippen molar-refractivity contribution in [1.29, 1.82) is 0 Å². The summed E-state index contributed by atoms with van der Waals surface area (Å²) in [5.74, 6) is -4.49. The van der Waals surface area contributed by atoms with E-state index in [1.165, 1.54) is 16.7 Å². The number of piperazine rings is 1. The van der Waals surface area contributed by atoms with Gasteiger partial charge in [-0.15, -0.1) is 11.8 Å². The van der Waals surface area contributed by atoms with Crippen molar-refractivity contribution in [2.24, 2.45) is 11.8 Å². The number of fused-ring (bicyclic) bond motifs is 3. The highest BCUT2D eigenvalue weighted by molar-refractivity contribution is 7.99. The zero-order valence-corrected chi connectivity index (χ0v) is 15.6. The SMILES string of the molecule is CC(C)C[C@H]1C(=O)N2CSC[C@@H]2[C@]2(O)O[C@](C(=O)O)(C(C)C)C(=O)N12. The lowest BCUT2D eigenvalue weighted by molar-refractivity contribution is -0.315. The zero-order chi connectivity index (χ0) is 18.7. The quantitative estimate of drug-likeness (QED) is 0.684. The minimum atomic E-state index is -2.19. The molecule has 9 heteroatoms. The normalized spacial score (nSPS) is 37.9. The number of carbonyl (C=O) groups is 3. The Balaban J connectivity index is 2.15.